The van der Waals surface area contributed by atoms with Crippen LogP contribution in [0, 0.1) is 6.92 Å². The lowest BCUT2D eigenvalue weighted by Crippen LogP contribution is -2.24. The number of aromatic nitrogens is 4. The largest absolute Gasteiger partial charge is 0.358 e. The topological polar surface area (TPSA) is 67.9 Å². The van der Waals surface area contributed by atoms with Gasteiger partial charge in [-0.15, -0.1) is 0 Å². The summed E-state index contributed by atoms with van der Waals surface area (Å²) in [6, 6.07) is 9.49. The number of halogens is 1. The molecule has 0 spiro atoms. The third-order valence-electron chi connectivity index (χ3n) is 4.10. The zero-order valence-corrected chi connectivity index (χ0v) is 13.9. The molecule has 122 valence electrons. The lowest BCUT2D eigenvalue weighted by atomic mass is 10.1. The molecule has 4 rings (SSSR count). The van der Waals surface area contributed by atoms with Crippen molar-refractivity contribution >= 4 is 17.5 Å². The van der Waals surface area contributed by atoms with E-state index in [2.05, 4.69) is 25.0 Å². The highest BCUT2D eigenvalue weighted by molar-refractivity contribution is 6.29. The van der Waals surface area contributed by atoms with Gasteiger partial charge in [0.1, 0.15) is 10.8 Å². The molecule has 0 bridgehead atoms. The predicted octanol–water partition coefficient (Wildman–Crippen LogP) is 3.83. The van der Waals surface area contributed by atoms with Crippen molar-refractivity contribution in [1.29, 1.82) is 0 Å². The Bertz CT molecular complexity index is 831. The Morgan fingerprint density at radius 1 is 1.21 bits per heavy atom. The number of nitrogens with zero attached hydrogens (tertiary/aromatic N) is 5. The highest BCUT2D eigenvalue weighted by atomic mass is 35.5. The van der Waals surface area contributed by atoms with E-state index in [9.17, 15) is 0 Å². The smallest absolute Gasteiger partial charge is 0.227 e. The van der Waals surface area contributed by atoms with E-state index in [0.29, 0.717) is 11.1 Å². The third kappa shape index (κ3) is 2.85. The molecule has 1 fully saturated rings. The fourth-order valence-corrected chi connectivity index (χ4v) is 3.26. The minimum Gasteiger partial charge on any atom is -0.358 e. The third-order valence-corrected chi connectivity index (χ3v) is 4.30. The van der Waals surface area contributed by atoms with Crippen LogP contribution in [0.2, 0.25) is 5.15 Å². The van der Waals surface area contributed by atoms with Crippen LogP contribution in [0.5, 0.6) is 0 Å². The lowest BCUT2D eigenvalue weighted by Gasteiger charge is -2.22. The molecule has 6 nitrogen and oxygen atoms in total. The van der Waals surface area contributed by atoms with Crippen molar-refractivity contribution in [2.45, 2.75) is 25.8 Å². The van der Waals surface area contributed by atoms with Crippen LogP contribution in [-0.4, -0.2) is 26.7 Å². The van der Waals surface area contributed by atoms with Crippen molar-refractivity contribution in [3.63, 3.8) is 0 Å². The summed E-state index contributed by atoms with van der Waals surface area (Å²) in [6.07, 6.45) is 3.75. The zero-order chi connectivity index (χ0) is 16.5. The second-order valence-electron chi connectivity index (χ2n) is 5.81. The summed E-state index contributed by atoms with van der Waals surface area (Å²) < 4.78 is 5.59. The van der Waals surface area contributed by atoms with E-state index in [1.54, 1.807) is 12.3 Å². The van der Waals surface area contributed by atoms with Crippen LogP contribution in [0.25, 0.3) is 11.4 Å². The van der Waals surface area contributed by atoms with Crippen LogP contribution in [0.15, 0.2) is 41.1 Å². The number of anilines is 1. The van der Waals surface area contributed by atoms with Gasteiger partial charge in [0.2, 0.25) is 5.95 Å². The summed E-state index contributed by atoms with van der Waals surface area (Å²) >= 11 is 6.08. The standard InChI is InChI=1S/C17H16ClN5O/c1-11-9-16(18)21-17(20-11)23-8-4-6-14(23)15-10-13(22-24-15)12-5-2-3-7-19-12/h2-3,5,7,9-10,14H,4,6,8H2,1H3. The fraction of sp³-hybridized carbons (Fsp3) is 0.294. The van der Waals surface area contributed by atoms with Crippen molar-refractivity contribution in [1.82, 2.24) is 20.1 Å². The second-order valence-corrected chi connectivity index (χ2v) is 6.20. The molecule has 4 heterocycles. The van der Waals surface area contributed by atoms with Crippen LogP contribution < -0.4 is 4.90 Å². The number of aryl methyl sites for hydroxylation is 1. The van der Waals surface area contributed by atoms with Gasteiger partial charge >= 0.3 is 0 Å². The molecule has 0 aliphatic carbocycles. The monoisotopic (exact) mass is 341 g/mol. The molecule has 7 heteroatoms. The number of hydrogen-bond donors (Lipinski definition) is 0. The number of pyridine rings is 1. The first-order valence-electron chi connectivity index (χ1n) is 7.86. The van der Waals surface area contributed by atoms with Crippen LogP contribution in [0.4, 0.5) is 5.95 Å². The van der Waals surface area contributed by atoms with Gasteiger partial charge in [0.25, 0.3) is 0 Å². The molecular weight excluding hydrogens is 326 g/mol. The minimum atomic E-state index is 0.0628. The van der Waals surface area contributed by atoms with Crippen LogP contribution in [0.1, 0.15) is 30.3 Å². The van der Waals surface area contributed by atoms with Crippen molar-refractivity contribution in [2.24, 2.45) is 0 Å². The Hall–Kier alpha value is -2.47. The Morgan fingerprint density at radius 2 is 2.12 bits per heavy atom. The molecule has 3 aromatic heterocycles. The maximum Gasteiger partial charge on any atom is 0.227 e. The molecular formula is C17H16ClN5O. The average Bonchev–Trinajstić information content (AvgIpc) is 3.24. The van der Waals surface area contributed by atoms with Crippen molar-refractivity contribution in [2.75, 3.05) is 11.4 Å². The van der Waals surface area contributed by atoms with Crippen molar-refractivity contribution in [3.8, 4) is 11.4 Å². The maximum absolute atomic E-state index is 6.08. The molecule has 3 aromatic rings. The lowest BCUT2D eigenvalue weighted by molar-refractivity contribution is 0.362. The van der Waals surface area contributed by atoms with Gasteiger partial charge in [0, 0.05) is 24.5 Å². The van der Waals surface area contributed by atoms with Crippen LogP contribution in [-0.2, 0) is 0 Å². The first kappa shape index (κ1) is 15.1. The fourth-order valence-electron chi connectivity index (χ4n) is 3.03. The molecule has 1 saturated heterocycles. The van der Waals surface area contributed by atoms with E-state index < -0.39 is 0 Å². The van der Waals surface area contributed by atoms with Crippen LogP contribution in [0.3, 0.4) is 0 Å². The van der Waals surface area contributed by atoms with Gasteiger partial charge in [-0.2, -0.15) is 0 Å². The van der Waals surface area contributed by atoms with E-state index in [1.165, 1.54) is 0 Å². The quantitative estimate of drug-likeness (QED) is 0.674. The first-order valence-corrected chi connectivity index (χ1v) is 8.24. The molecule has 1 unspecified atom stereocenters. The van der Waals surface area contributed by atoms with E-state index in [4.69, 9.17) is 16.1 Å². The van der Waals surface area contributed by atoms with E-state index >= 15 is 0 Å². The first-order chi connectivity index (χ1) is 11.7. The summed E-state index contributed by atoms with van der Waals surface area (Å²) in [5.74, 6) is 1.44. The van der Waals surface area contributed by atoms with E-state index in [-0.39, 0.29) is 6.04 Å². The Morgan fingerprint density at radius 3 is 2.92 bits per heavy atom. The molecule has 0 radical (unpaired) electrons. The molecule has 0 aromatic carbocycles. The molecule has 0 saturated carbocycles. The predicted molar refractivity (Wildman–Crippen MR) is 90.8 cm³/mol. The molecule has 1 atom stereocenters. The number of hydrogen-bond acceptors (Lipinski definition) is 6. The Kier molecular flexibility index (Phi) is 3.90. The van der Waals surface area contributed by atoms with E-state index in [0.717, 1.165) is 42.2 Å². The van der Waals surface area contributed by atoms with Crippen molar-refractivity contribution < 1.29 is 4.52 Å². The summed E-state index contributed by atoms with van der Waals surface area (Å²) in [7, 11) is 0. The van der Waals surface area contributed by atoms with Crippen LogP contribution >= 0.6 is 11.6 Å². The molecule has 0 N–H and O–H groups in total. The second kappa shape index (κ2) is 6.20. The van der Waals surface area contributed by atoms with Crippen molar-refractivity contribution in [3.05, 3.63) is 53.1 Å². The van der Waals surface area contributed by atoms with E-state index in [1.807, 2.05) is 31.2 Å². The van der Waals surface area contributed by atoms with Gasteiger partial charge in [-0.1, -0.05) is 22.8 Å². The summed E-state index contributed by atoms with van der Waals surface area (Å²) in [6.45, 7) is 2.78. The Balaban J connectivity index is 1.65. The van der Waals surface area contributed by atoms with Gasteiger partial charge in [0.05, 0.1) is 11.7 Å². The van der Waals surface area contributed by atoms with Gasteiger partial charge in [-0.3, -0.25) is 4.98 Å². The SMILES string of the molecule is Cc1cc(Cl)nc(N2CCCC2c2cc(-c3ccccn3)no2)n1. The van der Waals surface area contributed by atoms with Gasteiger partial charge < -0.3 is 9.42 Å². The highest BCUT2D eigenvalue weighted by Crippen LogP contribution is 2.36. The molecule has 1 aliphatic rings. The maximum atomic E-state index is 6.08. The number of rotatable bonds is 3. The average molecular weight is 342 g/mol. The summed E-state index contributed by atoms with van der Waals surface area (Å²) in [5, 5.41) is 4.62. The normalized spacial score (nSPS) is 17.4. The van der Waals surface area contributed by atoms with Gasteiger partial charge in [0.15, 0.2) is 5.76 Å². The van der Waals surface area contributed by atoms with Gasteiger partial charge in [-0.25, -0.2) is 9.97 Å². The highest BCUT2D eigenvalue weighted by Gasteiger charge is 2.31. The summed E-state index contributed by atoms with van der Waals surface area (Å²) in [5.41, 5.74) is 2.38. The zero-order valence-electron chi connectivity index (χ0n) is 13.2. The molecule has 0 amide bonds. The molecule has 1 aliphatic heterocycles. The molecule has 24 heavy (non-hydrogen) atoms. The van der Waals surface area contributed by atoms with Gasteiger partial charge in [-0.05, 0) is 38.0 Å². The summed E-state index contributed by atoms with van der Waals surface area (Å²) in [4.78, 5) is 15.3. The Labute approximate surface area is 144 Å². The minimum absolute atomic E-state index is 0.0628.